The molecule has 2 fully saturated rings. The van der Waals surface area contributed by atoms with Crippen LogP contribution in [0.4, 0.5) is 0 Å². The Morgan fingerprint density at radius 3 is 1.67 bits per heavy atom. The second-order valence-corrected chi connectivity index (χ2v) is 3.14. The van der Waals surface area contributed by atoms with E-state index in [9.17, 15) is 0 Å². The molecule has 0 aromatic heterocycles. The first-order valence-electron chi connectivity index (χ1n) is 4.15. The summed E-state index contributed by atoms with van der Waals surface area (Å²) in [4.78, 5) is 0. The predicted octanol–water partition coefficient (Wildman–Crippen LogP) is -0.186. The van der Waals surface area contributed by atoms with Crippen LogP contribution >= 0.6 is 0 Å². The van der Waals surface area contributed by atoms with E-state index in [1.165, 1.54) is 0 Å². The number of hydrogen-bond acceptors (Lipinski definition) is 4. The Kier molecular flexibility index (Phi) is 2.32. The third-order valence-electron chi connectivity index (χ3n) is 2.57. The van der Waals surface area contributed by atoms with Gasteiger partial charge in [0.05, 0.1) is 13.2 Å². The first-order valence-corrected chi connectivity index (χ1v) is 4.15. The fourth-order valence-electron chi connectivity index (χ4n) is 1.83. The van der Waals surface area contributed by atoms with Crippen molar-refractivity contribution in [3.8, 4) is 0 Å². The van der Waals surface area contributed by atoms with Crippen molar-refractivity contribution in [2.45, 2.75) is 24.4 Å². The SMILES string of the molecule is COC1CO[C@@H]2C(OC)CO[C@H]12. The quantitative estimate of drug-likeness (QED) is 0.581. The van der Waals surface area contributed by atoms with Crippen LogP contribution in [-0.4, -0.2) is 51.8 Å². The maximum Gasteiger partial charge on any atom is 0.115 e. The topological polar surface area (TPSA) is 36.9 Å². The van der Waals surface area contributed by atoms with Gasteiger partial charge in [-0.05, 0) is 0 Å². The Bertz CT molecular complexity index is 143. The first kappa shape index (κ1) is 8.44. The second-order valence-electron chi connectivity index (χ2n) is 3.14. The molecule has 0 aromatic carbocycles. The molecule has 4 nitrogen and oxygen atoms in total. The summed E-state index contributed by atoms with van der Waals surface area (Å²) in [5.41, 5.74) is 0. The molecule has 4 heteroatoms. The van der Waals surface area contributed by atoms with Crippen molar-refractivity contribution in [2.24, 2.45) is 0 Å². The Balaban J connectivity index is 2.01. The minimum atomic E-state index is 0.0694. The van der Waals surface area contributed by atoms with Gasteiger partial charge in [0.25, 0.3) is 0 Å². The summed E-state index contributed by atoms with van der Waals surface area (Å²) in [5.74, 6) is 0. The molecule has 0 radical (unpaired) electrons. The standard InChI is InChI=1S/C8H14O4/c1-9-5-3-11-8-6(10-2)4-12-7(5)8/h5-8H,3-4H2,1-2H3/t5?,6?,7-,8-/m1/s1. The van der Waals surface area contributed by atoms with E-state index in [-0.39, 0.29) is 24.4 Å². The molecule has 2 heterocycles. The zero-order valence-electron chi connectivity index (χ0n) is 7.36. The van der Waals surface area contributed by atoms with Gasteiger partial charge >= 0.3 is 0 Å². The highest BCUT2D eigenvalue weighted by molar-refractivity contribution is 4.95. The van der Waals surface area contributed by atoms with Gasteiger partial charge in [-0.3, -0.25) is 0 Å². The maximum atomic E-state index is 5.51. The highest BCUT2D eigenvalue weighted by Crippen LogP contribution is 2.29. The number of rotatable bonds is 2. The van der Waals surface area contributed by atoms with Crippen LogP contribution in [0, 0.1) is 0 Å². The molecule has 0 aliphatic carbocycles. The second kappa shape index (κ2) is 3.30. The van der Waals surface area contributed by atoms with Crippen molar-refractivity contribution < 1.29 is 18.9 Å². The zero-order valence-corrected chi connectivity index (χ0v) is 7.36. The molecule has 0 saturated carbocycles. The molecule has 0 N–H and O–H groups in total. The largest absolute Gasteiger partial charge is 0.376 e. The van der Waals surface area contributed by atoms with Crippen molar-refractivity contribution in [2.75, 3.05) is 27.4 Å². The van der Waals surface area contributed by atoms with Gasteiger partial charge in [0.15, 0.2) is 0 Å². The summed E-state index contributed by atoms with van der Waals surface area (Å²) in [6.07, 6.45) is 0.296. The van der Waals surface area contributed by atoms with Gasteiger partial charge in [0.1, 0.15) is 24.4 Å². The van der Waals surface area contributed by atoms with Gasteiger partial charge in [-0.15, -0.1) is 0 Å². The molecule has 4 atom stereocenters. The van der Waals surface area contributed by atoms with Gasteiger partial charge in [0, 0.05) is 14.2 Å². The van der Waals surface area contributed by atoms with E-state index in [2.05, 4.69) is 0 Å². The van der Waals surface area contributed by atoms with Crippen LogP contribution < -0.4 is 0 Å². The summed E-state index contributed by atoms with van der Waals surface area (Å²) in [5, 5.41) is 0. The Hall–Kier alpha value is -0.160. The summed E-state index contributed by atoms with van der Waals surface area (Å²) in [6.45, 7) is 1.23. The molecule has 0 amide bonds. The van der Waals surface area contributed by atoms with E-state index in [1.54, 1.807) is 14.2 Å². The third-order valence-corrected chi connectivity index (χ3v) is 2.57. The number of hydrogen-bond donors (Lipinski definition) is 0. The minimum Gasteiger partial charge on any atom is -0.376 e. The van der Waals surface area contributed by atoms with Crippen LogP contribution in [0.3, 0.4) is 0 Å². The first-order chi connectivity index (χ1) is 5.86. The smallest absolute Gasteiger partial charge is 0.115 e. The predicted molar refractivity (Wildman–Crippen MR) is 41.1 cm³/mol. The van der Waals surface area contributed by atoms with E-state index in [4.69, 9.17) is 18.9 Å². The molecule has 0 bridgehead atoms. The van der Waals surface area contributed by atoms with Crippen molar-refractivity contribution in [1.82, 2.24) is 0 Å². The van der Waals surface area contributed by atoms with E-state index >= 15 is 0 Å². The van der Waals surface area contributed by atoms with Gasteiger partial charge in [-0.2, -0.15) is 0 Å². The average Bonchev–Trinajstić information content (AvgIpc) is 2.62. The van der Waals surface area contributed by atoms with E-state index < -0.39 is 0 Å². The molecular weight excluding hydrogens is 160 g/mol. The monoisotopic (exact) mass is 174 g/mol. The molecule has 2 saturated heterocycles. The van der Waals surface area contributed by atoms with Gasteiger partial charge in [-0.1, -0.05) is 0 Å². The van der Waals surface area contributed by atoms with E-state index in [0.29, 0.717) is 13.2 Å². The van der Waals surface area contributed by atoms with Crippen LogP contribution in [0.15, 0.2) is 0 Å². The number of fused-ring (bicyclic) bond motifs is 1. The van der Waals surface area contributed by atoms with Gasteiger partial charge in [-0.25, -0.2) is 0 Å². The minimum absolute atomic E-state index is 0.0694. The molecule has 2 rings (SSSR count). The third kappa shape index (κ3) is 1.15. The van der Waals surface area contributed by atoms with Crippen LogP contribution in [0.2, 0.25) is 0 Å². The summed E-state index contributed by atoms with van der Waals surface area (Å²) in [7, 11) is 3.36. The molecular formula is C8H14O4. The fraction of sp³-hybridized carbons (Fsp3) is 1.00. The number of methoxy groups -OCH3 is 2. The van der Waals surface area contributed by atoms with Crippen LogP contribution in [0.5, 0.6) is 0 Å². The highest BCUT2D eigenvalue weighted by atomic mass is 16.6. The summed E-state index contributed by atoms with van der Waals surface area (Å²) >= 11 is 0. The van der Waals surface area contributed by atoms with Crippen molar-refractivity contribution in [1.29, 1.82) is 0 Å². The lowest BCUT2D eigenvalue weighted by Gasteiger charge is -2.14. The molecule has 2 unspecified atom stereocenters. The Morgan fingerprint density at radius 1 is 0.917 bits per heavy atom. The van der Waals surface area contributed by atoms with Crippen LogP contribution in [-0.2, 0) is 18.9 Å². The van der Waals surface area contributed by atoms with E-state index in [0.717, 1.165) is 0 Å². The van der Waals surface area contributed by atoms with Crippen molar-refractivity contribution >= 4 is 0 Å². The molecule has 0 spiro atoms. The van der Waals surface area contributed by atoms with Crippen LogP contribution in [0.25, 0.3) is 0 Å². The van der Waals surface area contributed by atoms with E-state index in [1.807, 2.05) is 0 Å². The Labute approximate surface area is 71.7 Å². The lowest BCUT2D eigenvalue weighted by Crippen LogP contribution is -2.32. The maximum absolute atomic E-state index is 5.51. The van der Waals surface area contributed by atoms with Crippen molar-refractivity contribution in [3.05, 3.63) is 0 Å². The van der Waals surface area contributed by atoms with Crippen LogP contribution in [0.1, 0.15) is 0 Å². The molecule has 0 aromatic rings. The summed E-state index contributed by atoms with van der Waals surface area (Å²) < 4.78 is 21.4. The van der Waals surface area contributed by atoms with Crippen molar-refractivity contribution in [3.63, 3.8) is 0 Å². The number of ether oxygens (including phenoxy) is 4. The lowest BCUT2D eigenvalue weighted by molar-refractivity contribution is -0.0267. The fourth-order valence-corrected chi connectivity index (χ4v) is 1.83. The summed E-state index contributed by atoms with van der Waals surface area (Å²) in [6, 6.07) is 0. The lowest BCUT2D eigenvalue weighted by atomic mass is 10.1. The Morgan fingerprint density at radius 2 is 1.33 bits per heavy atom. The molecule has 2 aliphatic heterocycles. The average molecular weight is 174 g/mol. The van der Waals surface area contributed by atoms with Gasteiger partial charge < -0.3 is 18.9 Å². The molecule has 70 valence electrons. The van der Waals surface area contributed by atoms with Gasteiger partial charge in [0.2, 0.25) is 0 Å². The molecule has 2 aliphatic rings. The highest BCUT2D eigenvalue weighted by Gasteiger charge is 2.48. The normalized spacial score (nSPS) is 46.5. The zero-order chi connectivity index (χ0) is 8.55. The molecule has 12 heavy (non-hydrogen) atoms.